The van der Waals surface area contributed by atoms with Gasteiger partial charge in [-0.25, -0.2) is 0 Å². The number of nitrogens with zero attached hydrogens (tertiary/aromatic N) is 1. The van der Waals surface area contributed by atoms with Crippen LogP contribution in [0.4, 0.5) is 0 Å². The van der Waals surface area contributed by atoms with E-state index in [4.69, 9.17) is 23.2 Å². The third-order valence-corrected chi connectivity index (χ3v) is 4.09. The lowest BCUT2D eigenvalue weighted by Gasteiger charge is -2.35. The summed E-state index contributed by atoms with van der Waals surface area (Å²) in [6.45, 7) is 8.95. The van der Waals surface area contributed by atoms with Crippen LogP contribution in [0.15, 0.2) is 18.2 Å². The topological polar surface area (TPSA) is 20.3 Å². The van der Waals surface area contributed by atoms with Gasteiger partial charge in [0.05, 0.1) is 11.6 Å². The van der Waals surface area contributed by atoms with Crippen LogP contribution >= 0.6 is 23.2 Å². The second-order valence-corrected chi connectivity index (χ2v) is 6.85. The molecule has 0 radical (unpaired) electrons. The molecule has 1 aromatic rings. The maximum Gasteiger partial charge on any atom is 0.178 e. The van der Waals surface area contributed by atoms with Gasteiger partial charge in [0.2, 0.25) is 0 Å². The van der Waals surface area contributed by atoms with Crippen LogP contribution in [-0.4, -0.2) is 30.3 Å². The van der Waals surface area contributed by atoms with Crippen molar-refractivity contribution in [2.45, 2.75) is 33.7 Å². The van der Waals surface area contributed by atoms with Gasteiger partial charge in [-0.15, -0.1) is 0 Å². The molecule has 0 amide bonds. The summed E-state index contributed by atoms with van der Waals surface area (Å²) in [6, 6.07) is 5.27. The number of hydrogen-bond donors (Lipinski definition) is 0. The molecule has 4 heteroatoms. The molecule has 106 valence electrons. The molecular formula is C15H21Cl2NO. The highest BCUT2D eigenvalue weighted by atomic mass is 35.5. The predicted molar refractivity (Wildman–Crippen MR) is 82.3 cm³/mol. The van der Waals surface area contributed by atoms with E-state index in [1.807, 2.05) is 11.9 Å². The van der Waals surface area contributed by atoms with Gasteiger partial charge in [0, 0.05) is 16.6 Å². The average Bonchev–Trinajstić information content (AvgIpc) is 2.26. The van der Waals surface area contributed by atoms with Crippen LogP contribution in [0.1, 0.15) is 38.1 Å². The first-order valence-corrected chi connectivity index (χ1v) is 7.07. The van der Waals surface area contributed by atoms with Gasteiger partial charge in [-0.2, -0.15) is 0 Å². The monoisotopic (exact) mass is 301 g/mol. The van der Waals surface area contributed by atoms with Crippen molar-refractivity contribution in [2.75, 3.05) is 13.6 Å². The Balaban J connectivity index is 2.80. The fraction of sp³-hybridized carbons (Fsp3) is 0.533. The van der Waals surface area contributed by atoms with Gasteiger partial charge in [-0.05, 0) is 37.6 Å². The molecule has 1 unspecified atom stereocenters. The Morgan fingerprint density at radius 3 is 2.37 bits per heavy atom. The molecule has 19 heavy (non-hydrogen) atoms. The number of halogens is 2. The molecule has 0 N–H and O–H groups in total. The maximum atomic E-state index is 12.2. The van der Waals surface area contributed by atoms with E-state index in [-0.39, 0.29) is 11.2 Å². The van der Waals surface area contributed by atoms with Crippen molar-refractivity contribution in [1.29, 1.82) is 0 Å². The van der Waals surface area contributed by atoms with Crippen molar-refractivity contribution in [3.05, 3.63) is 33.8 Å². The summed E-state index contributed by atoms with van der Waals surface area (Å²) in [5.41, 5.74) is 0.651. The minimum Gasteiger partial charge on any atom is -0.296 e. The van der Waals surface area contributed by atoms with Gasteiger partial charge < -0.3 is 0 Å². The summed E-state index contributed by atoms with van der Waals surface area (Å²) in [7, 11) is 1.96. The van der Waals surface area contributed by atoms with E-state index < -0.39 is 0 Å². The molecule has 0 fully saturated rings. The lowest BCUT2D eigenvalue weighted by Crippen LogP contribution is -2.41. The molecule has 0 aliphatic heterocycles. The molecule has 0 aromatic heterocycles. The minimum absolute atomic E-state index is 0.0141. The second kappa shape index (κ2) is 6.25. The van der Waals surface area contributed by atoms with Gasteiger partial charge >= 0.3 is 0 Å². The molecule has 1 rings (SSSR count). The molecule has 1 atom stereocenters. The number of hydrogen-bond acceptors (Lipinski definition) is 2. The largest absolute Gasteiger partial charge is 0.296 e. The van der Waals surface area contributed by atoms with Gasteiger partial charge in [-0.3, -0.25) is 9.69 Å². The van der Waals surface area contributed by atoms with E-state index in [9.17, 15) is 4.79 Å². The Labute approximate surface area is 125 Å². The van der Waals surface area contributed by atoms with Crippen molar-refractivity contribution >= 4 is 29.0 Å². The molecule has 0 heterocycles. The molecule has 0 saturated heterocycles. The number of benzene rings is 1. The highest BCUT2D eigenvalue weighted by Crippen LogP contribution is 2.25. The van der Waals surface area contributed by atoms with E-state index in [0.717, 1.165) is 0 Å². The van der Waals surface area contributed by atoms with E-state index in [2.05, 4.69) is 27.7 Å². The van der Waals surface area contributed by atoms with Gasteiger partial charge in [0.25, 0.3) is 0 Å². The van der Waals surface area contributed by atoms with Crippen molar-refractivity contribution in [3.8, 4) is 0 Å². The van der Waals surface area contributed by atoms with Gasteiger partial charge in [0.1, 0.15) is 0 Å². The number of Topliss-reactive ketones (excluding diaryl/α,β-unsaturated/α-hetero) is 1. The number of carbonyl (C=O) groups is 1. The van der Waals surface area contributed by atoms with Crippen LogP contribution in [0.2, 0.25) is 10.0 Å². The van der Waals surface area contributed by atoms with Crippen LogP contribution < -0.4 is 0 Å². The molecule has 0 bridgehead atoms. The Hall–Kier alpha value is -0.570. The lowest BCUT2D eigenvalue weighted by atomic mass is 9.87. The first-order valence-electron chi connectivity index (χ1n) is 6.31. The summed E-state index contributed by atoms with van der Waals surface area (Å²) in [5, 5.41) is 0.951. The normalized spacial score (nSPS) is 13.7. The van der Waals surface area contributed by atoms with Crippen LogP contribution in [-0.2, 0) is 0 Å². The standard InChI is InChI=1S/C15H21Cl2NO/c1-10(15(2,3)4)18(5)9-14(19)12-7-6-11(16)8-13(12)17/h6-8,10H,9H2,1-5H3. The van der Waals surface area contributed by atoms with Crippen molar-refractivity contribution in [2.24, 2.45) is 5.41 Å². The summed E-state index contributed by atoms with van der Waals surface area (Å²) in [6.07, 6.45) is 0. The minimum atomic E-state index is 0.0141. The molecule has 2 nitrogen and oxygen atoms in total. The molecule has 0 spiro atoms. The lowest BCUT2D eigenvalue weighted by molar-refractivity contribution is 0.0854. The molecule has 0 aliphatic rings. The van der Waals surface area contributed by atoms with Crippen LogP contribution in [0.3, 0.4) is 0 Å². The SMILES string of the molecule is CC(N(C)CC(=O)c1ccc(Cl)cc1Cl)C(C)(C)C. The van der Waals surface area contributed by atoms with Crippen molar-refractivity contribution in [1.82, 2.24) is 4.90 Å². The zero-order chi connectivity index (χ0) is 14.8. The summed E-state index contributed by atoms with van der Waals surface area (Å²) < 4.78 is 0. The smallest absolute Gasteiger partial charge is 0.178 e. The zero-order valence-corrected chi connectivity index (χ0v) is 13.6. The second-order valence-electron chi connectivity index (χ2n) is 6.00. The van der Waals surface area contributed by atoms with E-state index in [1.54, 1.807) is 18.2 Å². The average molecular weight is 302 g/mol. The summed E-state index contributed by atoms with van der Waals surface area (Å²) in [4.78, 5) is 14.3. The zero-order valence-electron chi connectivity index (χ0n) is 12.1. The quantitative estimate of drug-likeness (QED) is 0.761. The molecule has 0 aliphatic carbocycles. The Morgan fingerprint density at radius 2 is 1.89 bits per heavy atom. The first-order chi connectivity index (χ1) is 8.62. The third kappa shape index (κ3) is 4.48. The summed E-state index contributed by atoms with van der Waals surface area (Å²) in [5.74, 6) is 0.0141. The van der Waals surface area contributed by atoms with Crippen LogP contribution in [0.5, 0.6) is 0 Å². The molecule has 0 saturated carbocycles. The van der Waals surface area contributed by atoms with Gasteiger partial charge in [0.15, 0.2) is 5.78 Å². The Bertz CT molecular complexity index is 466. The number of carbonyl (C=O) groups excluding carboxylic acids is 1. The van der Waals surface area contributed by atoms with Crippen LogP contribution in [0, 0.1) is 5.41 Å². The van der Waals surface area contributed by atoms with Gasteiger partial charge in [-0.1, -0.05) is 44.0 Å². The highest BCUT2D eigenvalue weighted by molar-refractivity contribution is 6.36. The highest BCUT2D eigenvalue weighted by Gasteiger charge is 2.25. The van der Waals surface area contributed by atoms with Crippen molar-refractivity contribution < 1.29 is 4.79 Å². The maximum absolute atomic E-state index is 12.2. The number of likely N-dealkylation sites (N-methyl/N-ethyl adjacent to an activating group) is 1. The van der Waals surface area contributed by atoms with E-state index in [1.165, 1.54) is 0 Å². The Kier molecular flexibility index (Phi) is 5.43. The van der Waals surface area contributed by atoms with Crippen LogP contribution in [0.25, 0.3) is 0 Å². The number of rotatable bonds is 4. The third-order valence-electron chi connectivity index (χ3n) is 3.54. The van der Waals surface area contributed by atoms with E-state index >= 15 is 0 Å². The summed E-state index contributed by atoms with van der Waals surface area (Å²) >= 11 is 11.9. The first kappa shape index (κ1) is 16.5. The van der Waals surface area contributed by atoms with Crippen molar-refractivity contribution in [3.63, 3.8) is 0 Å². The fourth-order valence-electron chi connectivity index (χ4n) is 1.83. The molecular weight excluding hydrogens is 281 g/mol. The number of ketones is 1. The predicted octanol–water partition coefficient (Wildman–Crippen LogP) is 4.54. The fourth-order valence-corrected chi connectivity index (χ4v) is 2.34. The Morgan fingerprint density at radius 1 is 1.32 bits per heavy atom. The molecule has 1 aromatic carbocycles. The van der Waals surface area contributed by atoms with E-state index in [0.29, 0.717) is 28.2 Å².